The van der Waals surface area contributed by atoms with E-state index >= 15 is 0 Å². The SMILES string of the molecule is C1=CCC=CC(n2c3c4ccccc4ccc3c3c4ccccc4c4c5ccc6ccccc6c5n(-c5nc(-c6ccccc6)nc(-c6ccccc6)n5)c4c32)=C1. The molecule has 0 atom stereocenters. The summed E-state index contributed by atoms with van der Waals surface area (Å²) in [4.78, 5) is 16.0. The van der Waals surface area contributed by atoms with Crippen LogP contribution in [-0.2, 0) is 0 Å². The molecule has 266 valence electrons. The van der Waals surface area contributed by atoms with Crippen LogP contribution < -0.4 is 0 Å². The van der Waals surface area contributed by atoms with Gasteiger partial charge in [-0.2, -0.15) is 9.97 Å². The van der Waals surface area contributed by atoms with Crippen molar-refractivity contribution in [1.29, 1.82) is 0 Å². The van der Waals surface area contributed by atoms with Crippen LogP contribution >= 0.6 is 0 Å². The van der Waals surface area contributed by atoms with Gasteiger partial charge < -0.3 is 4.57 Å². The van der Waals surface area contributed by atoms with Gasteiger partial charge in [0.1, 0.15) is 0 Å². The fourth-order valence-electron chi connectivity index (χ4n) is 9.08. The molecule has 1 aliphatic rings. The summed E-state index contributed by atoms with van der Waals surface area (Å²) >= 11 is 0. The Bertz CT molecular complexity index is 3470. The summed E-state index contributed by atoms with van der Waals surface area (Å²) in [6.45, 7) is 0. The molecule has 3 heterocycles. The van der Waals surface area contributed by atoms with Crippen molar-refractivity contribution < 1.29 is 0 Å². The summed E-state index contributed by atoms with van der Waals surface area (Å²) in [6.07, 6.45) is 12.0. The Balaban J connectivity index is 1.39. The predicted molar refractivity (Wildman–Crippen MR) is 238 cm³/mol. The number of fused-ring (bicyclic) bond motifs is 14. The van der Waals surface area contributed by atoms with Crippen LogP contribution in [0.5, 0.6) is 0 Å². The van der Waals surface area contributed by atoms with Crippen LogP contribution in [0.1, 0.15) is 6.42 Å². The predicted octanol–water partition coefficient (Wildman–Crippen LogP) is 13.2. The molecule has 1 aliphatic carbocycles. The lowest BCUT2D eigenvalue weighted by Gasteiger charge is -2.15. The summed E-state index contributed by atoms with van der Waals surface area (Å²) in [6, 6.07) is 56.0. The molecule has 57 heavy (non-hydrogen) atoms. The van der Waals surface area contributed by atoms with Gasteiger partial charge in [0.15, 0.2) is 11.6 Å². The molecule has 0 N–H and O–H groups in total. The van der Waals surface area contributed by atoms with Crippen LogP contribution in [0.25, 0.3) is 110 Å². The lowest BCUT2D eigenvalue weighted by Crippen LogP contribution is -2.07. The maximum atomic E-state index is 5.42. The molecule has 0 amide bonds. The topological polar surface area (TPSA) is 48.5 Å². The highest BCUT2D eigenvalue weighted by Crippen LogP contribution is 2.49. The molecule has 0 saturated carbocycles. The molecule has 0 unspecified atom stereocenters. The van der Waals surface area contributed by atoms with Crippen LogP contribution in [0.15, 0.2) is 188 Å². The van der Waals surface area contributed by atoms with Crippen LogP contribution in [0.2, 0.25) is 0 Å². The number of allylic oxidation sites excluding steroid dienone is 6. The normalized spacial score (nSPS) is 13.2. The third-order valence-corrected chi connectivity index (χ3v) is 11.5. The zero-order valence-corrected chi connectivity index (χ0v) is 30.8. The van der Waals surface area contributed by atoms with Gasteiger partial charge in [-0.05, 0) is 40.1 Å². The molecule has 0 spiro atoms. The molecular weight excluding hydrogens is 695 g/mol. The molecule has 0 fully saturated rings. The fourth-order valence-corrected chi connectivity index (χ4v) is 9.08. The van der Waals surface area contributed by atoms with E-state index in [2.05, 4.69) is 161 Å². The first-order valence-corrected chi connectivity index (χ1v) is 19.5. The molecular formula is C52H33N5. The minimum atomic E-state index is 0.572. The molecule has 12 rings (SSSR count). The third kappa shape index (κ3) is 4.72. The van der Waals surface area contributed by atoms with Crippen molar-refractivity contribution in [1.82, 2.24) is 24.1 Å². The highest BCUT2D eigenvalue weighted by Gasteiger charge is 2.28. The van der Waals surface area contributed by atoms with E-state index in [0.717, 1.165) is 56.0 Å². The quantitative estimate of drug-likeness (QED) is 0.181. The molecule has 0 radical (unpaired) electrons. The van der Waals surface area contributed by atoms with Crippen LogP contribution in [0, 0.1) is 0 Å². The van der Waals surface area contributed by atoms with Crippen LogP contribution in [0.4, 0.5) is 0 Å². The van der Waals surface area contributed by atoms with Crippen molar-refractivity contribution in [2.24, 2.45) is 0 Å². The Morgan fingerprint density at radius 3 is 1.46 bits per heavy atom. The second-order valence-corrected chi connectivity index (χ2v) is 14.7. The first kappa shape index (κ1) is 31.7. The Labute approximate surface area is 327 Å². The van der Waals surface area contributed by atoms with Gasteiger partial charge in [-0.25, -0.2) is 4.98 Å². The van der Waals surface area contributed by atoms with Crippen molar-refractivity contribution in [2.75, 3.05) is 0 Å². The molecule has 11 aromatic rings. The van der Waals surface area contributed by atoms with E-state index in [0.29, 0.717) is 17.6 Å². The Morgan fingerprint density at radius 1 is 0.386 bits per heavy atom. The van der Waals surface area contributed by atoms with E-state index in [-0.39, 0.29) is 0 Å². The number of benzene rings is 8. The van der Waals surface area contributed by atoms with E-state index in [9.17, 15) is 0 Å². The molecule has 5 nitrogen and oxygen atoms in total. The smallest absolute Gasteiger partial charge is 0.238 e. The van der Waals surface area contributed by atoms with E-state index in [4.69, 9.17) is 15.0 Å². The van der Waals surface area contributed by atoms with Gasteiger partial charge in [0.2, 0.25) is 5.95 Å². The zero-order valence-electron chi connectivity index (χ0n) is 30.8. The largest absolute Gasteiger partial charge is 0.307 e. The summed E-state index contributed by atoms with van der Waals surface area (Å²) in [5, 5.41) is 11.8. The number of rotatable bonds is 4. The first-order valence-electron chi connectivity index (χ1n) is 19.5. The molecule has 0 saturated heterocycles. The fraction of sp³-hybridized carbons (Fsp3) is 0.0192. The first-order chi connectivity index (χ1) is 28.3. The van der Waals surface area contributed by atoms with Gasteiger partial charge >= 0.3 is 0 Å². The molecule has 0 aliphatic heterocycles. The molecule has 5 heteroatoms. The minimum absolute atomic E-state index is 0.572. The van der Waals surface area contributed by atoms with Gasteiger partial charge in [0, 0.05) is 49.1 Å². The highest BCUT2D eigenvalue weighted by molar-refractivity contribution is 6.39. The van der Waals surface area contributed by atoms with Crippen molar-refractivity contribution in [3.8, 4) is 28.7 Å². The number of nitrogens with zero attached hydrogens (tertiary/aromatic N) is 5. The Kier molecular flexibility index (Phi) is 6.92. The second kappa shape index (κ2) is 12.4. The van der Waals surface area contributed by atoms with Gasteiger partial charge in [0.25, 0.3) is 0 Å². The average molecular weight is 728 g/mol. The molecule has 0 bridgehead atoms. The van der Waals surface area contributed by atoms with Gasteiger partial charge in [-0.3, -0.25) is 4.57 Å². The monoisotopic (exact) mass is 727 g/mol. The summed E-state index contributed by atoms with van der Waals surface area (Å²) in [5.41, 5.74) is 7.38. The van der Waals surface area contributed by atoms with Crippen molar-refractivity contribution in [2.45, 2.75) is 6.42 Å². The van der Waals surface area contributed by atoms with Crippen LogP contribution in [0.3, 0.4) is 0 Å². The maximum absolute atomic E-state index is 5.42. The third-order valence-electron chi connectivity index (χ3n) is 11.5. The summed E-state index contributed by atoms with van der Waals surface area (Å²) < 4.78 is 4.85. The lowest BCUT2D eigenvalue weighted by molar-refractivity contribution is 0.955. The van der Waals surface area contributed by atoms with E-state index in [1.807, 2.05) is 36.4 Å². The van der Waals surface area contributed by atoms with Crippen molar-refractivity contribution >= 4 is 81.6 Å². The van der Waals surface area contributed by atoms with Crippen LogP contribution in [-0.4, -0.2) is 24.1 Å². The Morgan fingerprint density at radius 2 is 0.877 bits per heavy atom. The van der Waals surface area contributed by atoms with Gasteiger partial charge in [-0.1, -0.05) is 176 Å². The van der Waals surface area contributed by atoms with Gasteiger partial charge in [-0.15, -0.1) is 0 Å². The van der Waals surface area contributed by atoms with Crippen molar-refractivity contribution in [3.63, 3.8) is 0 Å². The summed E-state index contributed by atoms with van der Waals surface area (Å²) in [7, 11) is 0. The average Bonchev–Trinajstić information content (AvgIpc) is 3.68. The minimum Gasteiger partial charge on any atom is -0.307 e. The summed E-state index contributed by atoms with van der Waals surface area (Å²) in [5.74, 6) is 1.82. The standard InChI is InChI=1S/C52H33N5/c1-2-10-24-37(23-9-1)56-46-38-25-13-11-17-33(38)29-31-42(46)44-40-27-15-16-28-41(40)45-43-32-30-34-18-12-14-26-39(34)47(43)57(49(45)48(44)56)52-54-50(35-19-5-3-6-20-35)53-51(55-52)36-21-7-4-8-22-36/h1,3-32H,2H2. The number of hydrogen-bond acceptors (Lipinski definition) is 3. The Hall–Kier alpha value is -7.63. The maximum Gasteiger partial charge on any atom is 0.238 e. The molecule has 8 aromatic carbocycles. The molecule has 3 aromatic heterocycles. The second-order valence-electron chi connectivity index (χ2n) is 14.7. The number of aromatic nitrogens is 5. The van der Waals surface area contributed by atoms with Gasteiger partial charge in [0.05, 0.1) is 22.1 Å². The van der Waals surface area contributed by atoms with Crippen molar-refractivity contribution in [3.05, 3.63) is 188 Å². The zero-order chi connectivity index (χ0) is 37.5. The van der Waals surface area contributed by atoms with E-state index in [1.54, 1.807) is 0 Å². The highest BCUT2D eigenvalue weighted by atomic mass is 15.2. The van der Waals surface area contributed by atoms with E-state index < -0.39 is 0 Å². The lowest BCUT2D eigenvalue weighted by atomic mass is 9.97. The van der Waals surface area contributed by atoms with E-state index in [1.165, 1.54) is 43.2 Å². The number of hydrogen-bond donors (Lipinski definition) is 0.